The number of rotatable bonds is 4. The smallest absolute Gasteiger partial charge is 0.262 e. The van der Waals surface area contributed by atoms with Gasteiger partial charge < -0.3 is 10.1 Å². The number of aromatic nitrogens is 2. The fourth-order valence-corrected chi connectivity index (χ4v) is 2.27. The van der Waals surface area contributed by atoms with Gasteiger partial charge in [0.2, 0.25) is 5.88 Å². The van der Waals surface area contributed by atoms with Gasteiger partial charge in [-0.25, -0.2) is 9.37 Å². The molecule has 0 spiro atoms. The number of nitrogens with zero attached hydrogens (tertiary/aromatic N) is 2. The fraction of sp³-hybridized carbons (Fsp3) is 0.167. The van der Waals surface area contributed by atoms with Crippen molar-refractivity contribution in [1.29, 1.82) is 0 Å². The number of carbonyl (C=O) groups is 1. The predicted octanol–water partition coefficient (Wildman–Crippen LogP) is 3.40. The number of amides is 1. The minimum Gasteiger partial charge on any atom is -0.467 e. The highest BCUT2D eigenvalue weighted by atomic mass is 19.1. The zero-order valence-electron chi connectivity index (χ0n) is 13.3. The van der Waals surface area contributed by atoms with Crippen LogP contribution in [0.15, 0.2) is 42.5 Å². The van der Waals surface area contributed by atoms with Crippen molar-refractivity contribution in [3.05, 3.63) is 59.7 Å². The molecule has 1 aromatic heterocycles. The van der Waals surface area contributed by atoms with Gasteiger partial charge in [-0.3, -0.25) is 4.79 Å². The van der Waals surface area contributed by atoms with E-state index in [4.69, 9.17) is 4.74 Å². The number of nitrogens with one attached hydrogen (secondary N) is 1. The van der Waals surface area contributed by atoms with Gasteiger partial charge in [0.25, 0.3) is 5.91 Å². The average molecular weight is 325 g/mol. The molecular formula is C18H16FN3O2. The fourth-order valence-electron chi connectivity index (χ4n) is 2.27. The van der Waals surface area contributed by atoms with Crippen LogP contribution in [0, 0.1) is 19.7 Å². The molecule has 0 aliphatic heterocycles. The summed E-state index contributed by atoms with van der Waals surface area (Å²) < 4.78 is 19.0. The Morgan fingerprint density at radius 3 is 2.75 bits per heavy atom. The quantitative estimate of drug-likeness (QED) is 0.798. The molecule has 0 fully saturated rings. The first kappa shape index (κ1) is 15.9. The highest BCUT2D eigenvalue weighted by Gasteiger charge is 2.10. The number of aryl methyl sites for hydroxylation is 2. The summed E-state index contributed by atoms with van der Waals surface area (Å²) in [5.41, 5.74) is 1.66. The van der Waals surface area contributed by atoms with Crippen LogP contribution in [0.2, 0.25) is 0 Å². The molecule has 122 valence electrons. The maximum absolute atomic E-state index is 13.5. The molecule has 0 atom stereocenters. The number of carbonyl (C=O) groups excluding carboxylic acids is 1. The number of anilines is 1. The molecule has 0 bridgehead atoms. The van der Waals surface area contributed by atoms with E-state index in [1.807, 2.05) is 24.3 Å². The van der Waals surface area contributed by atoms with Crippen molar-refractivity contribution in [2.75, 3.05) is 11.9 Å². The van der Waals surface area contributed by atoms with Crippen molar-refractivity contribution in [3.8, 4) is 5.88 Å². The minimum atomic E-state index is -0.390. The van der Waals surface area contributed by atoms with E-state index >= 15 is 0 Å². The molecular weight excluding hydrogens is 309 g/mol. The topological polar surface area (TPSA) is 64.1 Å². The third kappa shape index (κ3) is 3.48. The summed E-state index contributed by atoms with van der Waals surface area (Å²) in [5.74, 6) is 0.151. The van der Waals surface area contributed by atoms with Gasteiger partial charge >= 0.3 is 0 Å². The lowest BCUT2D eigenvalue weighted by atomic mass is 10.2. The van der Waals surface area contributed by atoms with E-state index in [1.54, 1.807) is 26.0 Å². The van der Waals surface area contributed by atoms with Crippen LogP contribution in [-0.2, 0) is 4.79 Å². The maximum atomic E-state index is 13.5. The standard InChI is InChI=1S/C18H16FN3O2/c1-11-7-8-13(9-15(11)19)22-17(23)10-24-18-14-5-3-4-6-16(14)20-12(2)21-18/h3-9H,10H2,1-2H3,(H,22,23). The Morgan fingerprint density at radius 2 is 1.96 bits per heavy atom. The van der Waals surface area contributed by atoms with Crippen molar-refractivity contribution in [2.24, 2.45) is 0 Å². The normalized spacial score (nSPS) is 10.6. The van der Waals surface area contributed by atoms with E-state index < -0.39 is 5.91 Å². The number of hydrogen-bond donors (Lipinski definition) is 1. The molecule has 5 nitrogen and oxygen atoms in total. The molecule has 0 aliphatic rings. The lowest BCUT2D eigenvalue weighted by Crippen LogP contribution is -2.20. The van der Waals surface area contributed by atoms with Gasteiger partial charge in [-0.2, -0.15) is 4.98 Å². The van der Waals surface area contributed by atoms with Crippen molar-refractivity contribution in [2.45, 2.75) is 13.8 Å². The van der Waals surface area contributed by atoms with E-state index in [-0.39, 0.29) is 12.4 Å². The maximum Gasteiger partial charge on any atom is 0.262 e. The zero-order chi connectivity index (χ0) is 17.1. The van der Waals surface area contributed by atoms with Crippen LogP contribution in [-0.4, -0.2) is 22.5 Å². The van der Waals surface area contributed by atoms with Crippen LogP contribution in [0.3, 0.4) is 0 Å². The van der Waals surface area contributed by atoms with Crippen molar-refractivity contribution < 1.29 is 13.9 Å². The molecule has 0 aliphatic carbocycles. The Kier molecular flexibility index (Phi) is 4.37. The zero-order valence-corrected chi connectivity index (χ0v) is 13.3. The van der Waals surface area contributed by atoms with E-state index in [9.17, 15) is 9.18 Å². The molecule has 0 saturated carbocycles. The van der Waals surface area contributed by atoms with Crippen molar-refractivity contribution in [1.82, 2.24) is 9.97 Å². The third-order valence-corrected chi connectivity index (χ3v) is 3.48. The Hall–Kier alpha value is -3.02. The molecule has 6 heteroatoms. The van der Waals surface area contributed by atoms with Crippen LogP contribution in [0.5, 0.6) is 5.88 Å². The van der Waals surface area contributed by atoms with Gasteiger partial charge in [0, 0.05) is 5.69 Å². The number of fused-ring (bicyclic) bond motifs is 1. The number of ether oxygens (including phenoxy) is 1. The van der Waals surface area contributed by atoms with E-state index in [2.05, 4.69) is 15.3 Å². The second-order valence-electron chi connectivity index (χ2n) is 5.39. The molecule has 0 radical (unpaired) electrons. The highest BCUT2D eigenvalue weighted by molar-refractivity contribution is 5.92. The third-order valence-electron chi connectivity index (χ3n) is 3.48. The largest absolute Gasteiger partial charge is 0.467 e. The Morgan fingerprint density at radius 1 is 1.17 bits per heavy atom. The Balaban J connectivity index is 1.71. The summed E-state index contributed by atoms with van der Waals surface area (Å²) in [6.45, 7) is 3.19. The first-order chi connectivity index (χ1) is 11.5. The second-order valence-corrected chi connectivity index (χ2v) is 5.39. The van der Waals surface area contributed by atoms with Gasteiger partial charge in [0.15, 0.2) is 6.61 Å². The van der Waals surface area contributed by atoms with Crippen LogP contribution < -0.4 is 10.1 Å². The number of benzene rings is 2. The summed E-state index contributed by atoms with van der Waals surface area (Å²) in [7, 11) is 0. The summed E-state index contributed by atoms with van der Waals surface area (Å²) in [6.07, 6.45) is 0. The van der Waals surface area contributed by atoms with Gasteiger partial charge in [-0.15, -0.1) is 0 Å². The molecule has 3 rings (SSSR count). The monoisotopic (exact) mass is 325 g/mol. The molecule has 0 unspecified atom stereocenters. The van der Waals surface area contributed by atoms with Crippen LogP contribution >= 0.6 is 0 Å². The number of para-hydroxylation sites is 1. The molecule has 2 aromatic carbocycles. The van der Waals surface area contributed by atoms with E-state index in [1.165, 1.54) is 6.07 Å². The first-order valence-corrected chi connectivity index (χ1v) is 7.45. The first-order valence-electron chi connectivity index (χ1n) is 7.45. The molecule has 1 N–H and O–H groups in total. The summed E-state index contributed by atoms with van der Waals surface area (Å²) >= 11 is 0. The van der Waals surface area contributed by atoms with Gasteiger partial charge in [-0.05, 0) is 43.7 Å². The second kappa shape index (κ2) is 6.62. The van der Waals surface area contributed by atoms with Crippen LogP contribution in [0.25, 0.3) is 10.9 Å². The molecule has 3 aromatic rings. The lowest BCUT2D eigenvalue weighted by molar-refractivity contribution is -0.118. The van der Waals surface area contributed by atoms with Crippen molar-refractivity contribution in [3.63, 3.8) is 0 Å². The van der Waals surface area contributed by atoms with Gasteiger partial charge in [-0.1, -0.05) is 18.2 Å². The summed E-state index contributed by atoms with van der Waals surface area (Å²) in [5, 5.41) is 3.33. The SMILES string of the molecule is Cc1nc(OCC(=O)Nc2ccc(C)c(F)c2)c2ccccc2n1. The van der Waals surface area contributed by atoms with Crippen LogP contribution in [0.1, 0.15) is 11.4 Å². The Bertz CT molecular complexity index is 912. The molecule has 0 saturated heterocycles. The molecule has 1 heterocycles. The lowest BCUT2D eigenvalue weighted by Gasteiger charge is -2.10. The summed E-state index contributed by atoms with van der Waals surface area (Å²) in [4.78, 5) is 20.5. The van der Waals surface area contributed by atoms with Crippen LogP contribution in [0.4, 0.5) is 10.1 Å². The minimum absolute atomic E-state index is 0.226. The van der Waals surface area contributed by atoms with Gasteiger partial charge in [0.1, 0.15) is 11.6 Å². The Labute approximate surface area is 138 Å². The summed E-state index contributed by atoms with van der Waals surface area (Å²) in [6, 6.07) is 11.9. The predicted molar refractivity (Wildman–Crippen MR) is 89.5 cm³/mol. The van der Waals surface area contributed by atoms with E-state index in [0.717, 1.165) is 10.9 Å². The van der Waals surface area contributed by atoms with Crippen molar-refractivity contribution >= 4 is 22.5 Å². The average Bonchev–Trinajstić information content (AvgIpc) is 2.56. The molecule has 1 amide bonds. The number of halogens is 1. The highest BCUT2D eigenvalue weighted by Crippen LogP contribution is 2.22. The van der Waals surface area contributed by atoms with E-state index in [0.29, 0.717) is 23.0 Å². The van der Waals surface area contributed by atoms with Gasteiger partial charge in [0.05, 0.1) is 10.9 Å². The molecule has 24 heavy (non-hydrogen) atoms. The number of hydrogen-bond acceptors (Lipinski definition) is 4.